The van der Waals surface area contributed by atoms with E-state index in [1.165, 1.54) is 0 Å². The average molecular weight is 551 g/mol. The molecule has 5 nitrogen and oxygen atoms in total. The molecule has 1 N–H and O–H groups in total. The summed E-state index contributed by atoms with van der Waals surface area (Å²) in [6.45, 7) is 1.93. The predicted molar refractivity (Wildman–Crippen MR) is 148 cm³/mol. The van der Waals surface area contributed by atoms with Gasteiger partial charge in [0.1, 0.15) is 5.75 Å². The lowest BCUT2D eigenvalue weighted by Gasteiger charge is -2.28. The monoisotopic (exact) mass is 550 g/mol. The van der Waals surface area contributed by atoms with E-state index >= 15 is 0 Å². The fraction of sp³-hybridized carbons (Fsp3) is 0.344. The highest BCUT2D eigenvalue weighted by molar-refractivity contribution is 6.02. The largest absolute Gasteiger partial charge is 0.497 e. The van der Waals surface area contributed by atoms with E-state index in [9.17, 15) is 18.0 Å². The first-order chi connectivity index (χ1) is 19.4. The third-order valence-corrected chi connectivity index (χ3v) is 7.37. The van der Waals surface area contributed by atoms with Crippen LogP contribution in [0.5, 0.6) is 11.5 Å². The Morgan fingerprint density at radius 3 is 2.52 bits per heavy atom. The van der Waals surface area contributed by atoms with Crippen molar-refractivity contribution in [2.75, 3.05) is 26.8 Å². The summed E-state index contributed by atoms with van der Waals surface area (Å²) in [7, 11) is 1.64. The minimum absolute atomic E-state index is 0.0544. The summed E-state index contributed by atoms with van der Waals surface area (Å²) in [6.07, 6.45) is 3.93. The summed E-state index contributed by atoms with van der Waals surface area (Å²) in [5.41, 5.74) is 4.97. The molecule has 0 atom stereocenters. The van der Waals surface area contributed by atoms with E-state index in [1.54, 1.807) is 7.11 Å². The Morgan fingerprint density at radius 2 is 1.77 bits per heavy atom. The fourth-order valence-electron chi connectivity index (χ4n) is 5.07. The van der Waals surface area contributed by atoms with Crippen molar-refractivity contribution in [1.29, 1.82) is 0 Å². The van der Waals surface area contributed by atoms with Gasteiger partial charge in [-0.15, -0.1) is 0 Å². The first-order valence-electron chi connectivity index (χ1n) is 13.7. The van der Waals surface area contributed by atoms with Crippen molar-refractivity contribution in [3.05, 3.63) is 100 Å². The fourth-order valence-corrected chi connectivity index (χ4v) is 5.07. The number of hydrogen-bond donors (Lipinski definition) is 1. The SMILES string of the molecule is COc1cccc(CN(C(=O)C2=C(c3ccc(CCCOc4c(F)ccc(F)c4F)cc3)CCNC2)C2CC2)c1. The molecule has 1 amide bonds. The third-order valence-electron chi connectivity index (χ3n) is 7.37. The lowest BCUT2D eigenvalue weighted by molar-refractivity contribution is -0.128. The number of nitrogens with one attached hydrogen (secondary N) is 1. The summed E-state index contributed by atoms with van der Waals surface area (Å²) in [5.74, 6) is -3.21. The zero-order valence-corrected chi connectivity index (χ0v) is 22.5. The van der Waals surface area contributed by atoms with Crippen molar-refractivity contribution in [1.82, 2.24) is 10.2 Å². The Balaban J connectivity index is 1.25. The van der Waals surface area contributed by atoms with Crippen LogP contribution in [0.25, 0.3) is 5.57 Å². The quantitative estimate of drug-likeness (QED) is 0.233. The van der Waals surface area contributed by atoms with Crippen LogP contribution in [-0.4, -0.2) is 43.7 Å². The molecule has 5 rings (SSSR count). The first-order valence-corrected chi connectivity index (χ1v) is 13.7. The zero-order chi connectivity index (χ0) is 28.1. The lowest BCUT2D eigenvalue weighted by atomic mass is 9.92. The van der Waals surface area contributed by atoms with Gasteiger partial charge in [0.05, 0.1) is 13.7 Å². The number of rotatable bonds is 11. The molecule has 0 radical (unpaired) electrons. The van der Waals surface area contributed by atoms with Crippen LogP contribution in [0.15, 0.2) is 66.2 Å². The van der Waals surface area contributed by atoms with Gasteiger partial charge in [0.2, 0.25) is 5.82 Å². The number of carbonyl (C=O) groups excluding carboxylic acids is 1. The van der Waals surface area contributed by atoms with Gasteiger partial charge >= 0.3 is 0 Å². The van der Waals surface area contributed by atoms with Gasteiger partial charge in [-0.25, -0.2) is 8.78 Å². The Bertz CT molecular complexity index is 1390. The smallest absolute Gasteiger partial charge is 0.251 e. The maximum absolute atomic E-state index is 13.9. The molecule has 0 unspecified atom stereocenters. The van der Waals surface area contributed by atoms with E-state index in [-0.39, 0.29) is 18.6 Å². The summed E-state index contributed by atoms with van der Waals surface area (Å²) in [4.78, 5) is 15.9. The number of methoxy groups -OCH3 is 1. The molecule has 1 aliphatic heterocycles. The highest BCUT2D eigenvalue weighted by Gasteiger charge is 2.35. The summed E-state index contributed by atoms with van der Waals surface area (Å²) >= 11 is 0. The molecule has 210 valence electrons. The van der Waals surface area contributed by atoms with E-state index in [0.29, 0.717) is 25.9 Å². The minimum Gasteiger partial charge on any atom is -0.497 e. The number of ether oxygens (including phenoxy) is 2. The summed E-state index contributed by atoms with van der Waals surface area (Å²) in [5, 5.41) is 3.37. The highest BCUT2D eigenvalue weighted by Crippen LogP contribution is 2.33. The molecular weight excluding hydrogens is 517 g/mol. The van der Waals surface area contributed by atoms with Gasteiger partial charge in [-0.2, -0.15) is 4.39 Å². The molecule has 1 aliphatic carbocycles. The Kier molecular flexibility index (Phi) is 8.75. The van der Waals surface area contributed by atoms with Crippen molar-refractivity contribution in [3.63, 3.8) is 0 Å². The van der Waals surface area contributed by atoms with Crippen LogP contribution in [0.4, 0.5) is 13.2 Å². The van der Waals surface area contributed by atoms with Crippen LogP contribution in [0.3, 0.4) is 0 Å². The number of hydrogen-bond acceptors (Lipinski definition) is 4. The predicted octanol–water partition coefficient (Wildman–Crippen LogP) is 6.06. The average Bonchev–Trinajstić information content (AvgIpc) is 3.83. The standard InChI is InChI=1S/C32H33F3N2O3/c1-39-25-6-2-4-22(18-25)20-37(24-11-12-24)32(38)27-19-36-16-15-26(27)23-9-7-21(8-10-23)5-3-17-40-31-29(34)14-13-28(33)30(31)35/h2,4,6-10,13-14,18,24,36H,3,5,11-12,15-17,19-20H2,1H3. The Hall–Kier alpha value is -3.78. The van der Waals surface area contributed by atoms with Crippen molar-refractivity contribution in [2.45, 2.75) is 44.7 Å². The molecule has 3 aromatic carbocycles. The van der Waals surface area contributed by atoms with Crippen molar-refractivity contribution >= 4 is 11.5 Å². The molecule has 8 heteroatoms. The number of carbonyl (C=O) groups is 1. The van der Waals surface area contributed by atoms with Crippen LogP contribution >= 0.6 is 0 Å². The number of halogens is 3. The number of nitrogens with zero attached hydrogens (tertiary/aromatic N) is 1. The Labute approximate surface area is 232 Å². The maximum atomic E-state index is 13.9. The van der Waals surface area contributed by atoms with E-state index < -0.39 is 23.2 Å². The van der Waals surface area contributed by atoms with Crippen LogP contribution in [0.2, 0.25) is 0 Å². The van der Waals surface area contributed by atoms with Gasteiger partial charge < -0.3 is 19.7 Å². The lowest BCUT2D eigenvalue weighted by Crippen LogP contribution is -2.39. The number of benzene rings is 3. The third kappa shape index (κ3) is 6.50. The summed E-state index contributed by atoms with van der Waals surface area (Å²) < 4.78 is 51.4. The first kappa shape index (κ1) is 27.8. The van der Waals surface area contributed by atoms with Gasteiger partial charge in [-0.05, 0) is 85.2 Å². The van der Waals surface area contributed by atoms with E-state index in [1.807, 2.05) is 53.4 Å². The van der Waals surface area contributed by atoms with Gasteiger partial charge in [0.25, 0.3) is 5.91 Å². The molecule has 0 bridgehead atoms. The molecular formula is C32H33F3N2O3. The van der Waals surface area contributed by atoms with Gasteiger partial charge in [-0.1, -0.05) is 36.4 Å². The van der Waals surface area contributed by atoms with Crippen LogP contribution in [-0.2, 0) is 17.8 Å². The molecule has 3 aromatic rings. The van der Waals surface area contributed by atoms with Crippen molar-refractivity contribution < 1.29 is 27.4 Å². The van der Waals surface area contributed by atoms with Gasteiger partial charge in [0, 0.05) is 24.7 Å². The Morgan fingerprint density at radius 1 is 1.00 bits per heavy atom. The van der Waals surface area contributed by atoms with Crippen LogP contribution < -0.4 is 14.8 Å². The second-order valence-corrected chi connectivity index (χ2v) is 10.2. The molecule has 1 fully saturated rings. The van der Waals surface area contributed by atoms with Crippen LogP contribution in [0.1, 0.15) is 42.4 Å². The topological polar surface area (TPSA) is 50.8 Å². The second-order valence-electron chi connectivity index (χ2n) is 10.2. The molecule has 40 heavy (non-hydrogen) atoms. The maximum Gasteiger partial charge on any atom is 0.251 e. The molecule has 1 saturated carbocycles. The second kappa shape index (κ2) is 12.6. The molecule has 0 saturated heterocycles. The van der Waals surface area contributed by atoms with Crippen molar-refractivity contribution in [3.8, 4) is 11.5 Å². The van der Waals surface area contributed by atoms with E-state index in [4.69, 9.17) is 9.47 Å². The van der Waals surface area contributed by atoms with Crippen molar-refractivity contribution in [2.24, 2.45) is 0 Å². The van der Waals surface area contributed by atoms with E-state index in [2.05, 4.69) is 5.32 Å². The van der Waals surface area contributed by atoms with E-state index in [0.717, 1.165) is 71.5 Å². The highest BCUT2D eigenvalue weighted by atomic mass is 19.2. The van der Waals surface area contributed by atoms with Crippen LogP contribution in [0, 0.1) is 17.5 Å². The number of aryl methyl sites for hydroxylation is 1. The normalized spacial score (nSPS) is 15.2. The summed E-state index contributed by atoms with van der Waals surface area (Å²) in [6, 6.07) is 17.8. The molecule has 1 heterocycles. The molecule has 2 aliphatic rings. The van der Waals surface area contributed by atoms with Gasteiger partial charge in [-0.3, -0.25) is 4.79 Å². The number of amides is 1. The van der Waals surface area contributed by atoms with Gasteiger partial charge in [0.15, 0.2) is 17.4 Å². The molecule has 0 spiro atoms. The zero-order valence-electron chi connectivity index (χ0n) is 22.5. The molecule has 0 aromatic heterocycles. The minimum atomic E-state index is -1.31.